The first-order valence-electron chi connectivity index (χ1n) is 7.67. The number of carbonyl (C=O) groups is 2. The molecule has 1 aromatic carbocycles. The van der Waals surface area contributed by atoms with Crippen molar-refractivity contribution in [1.82, 2.24) is 10.3 Å². The molecular formula is C18H21ClN4O3. The SMILES string of the molecule is CC(=O)N(/N=C/c1ccccc1)c1cc(C)cc(Cl)n1.COCNC=O. The van der Waals surface area contributed by atoms with Crippen molar-refractivity contribution in [2.75, 3.05) is 18.8 Å². The molecule has 2 rings (SSSR count). The van der Waals surface area contributed by atoms with Crippen molar-refractivity contribution in [3.63, 3.8) is 0 Å². The Balaban J connectivity index is 0.000000487. The van der Waals surface area contributed by atoms with Crippen LogP contribution in [0.5, 0.6) is 0 Å². The van der Waals surface area contributed by atoms with Crippen LogP contribution in [0.3, 0.4) is 0 Å². The predicted octanol–water partition coefficient (Wildman–Crippen LogP) is 2.77. The molecule has 0 radical (unpaired) electrons. The molecule has 0 aliphatic heterocycles. The lowest BCUT2D eigenvalue weighted by Crippen LogP contribution is -2.23. The van der Waals surface area contributed by atoms with Gasteiger partial charge in [0.05, 0.1) is 6.21 Å². The fourth-order valence-corrected chi connectivity index (χ4v) is 2.06. The highest BCUT2D eigenvalue weighted by molar-refractivity contribution is 6.29. The van der Waals surface area contributed by atoms with E-state index in [4.69, 9.17) is 11.6 Å². The molecule has 1 heterocycles. The van der Waals surface area contributed by atoms with Gasteiger partial charge in [0.25, 0.3) is 0 Å². The minimum absolute atomic E-state index is 0.230. The summed E-state index contributed by atoms with van der Waals surface area (Å²) in [4.78, 5) is 25.2. The summed E-state index contributed by atoms with van der Waals surface area (Å²) in [6.45, 7) is 3.61. The molecular weight excluding hydrogens is 356 g/mol. The molecule has 0 fully saturated rings. The van der Waals surface area contributed by atoms with E-state index in [0.717, 1.165) is 11.1 Å². The average molecular weight is 377 g/mol. The van der Waals surface area contributed by atoms with E-state index in [0.29, 0.717) is 24.1 Å². The average Bonchev–Trinajstić information content (AvgIpc) is 2.60. The van der Waals surface area contributed by atoms with Gasteiger partial charge >= 0.3 is 0 Å². The minimum Gasteiger partial charge on any atom is -0.365 e. The van der Waals surface area contributed by atoms with E-state index in [1.807, 2.05) is 37.3 Å². The topological polar surface area (TPSA) is 83.9 Å². The molecule has 138 valence electrons. The summed E-state index contributed by atoms with van der Waals surface area (Å²) < 4.78 is 4.44. The van der Waals surface area contributed by atoms with E-state index in [2.05, 4.69) is 20.1 Å². The lowest BCUT2D eigenvalue weighted by Gasteiger charge is -2.14. The van der Waals surface area contributed by atoms with Crippen LogP contribution in [0.1, 0.15) is 18.1 Å². The zero-order valence-electron chi connectivity index (χ0n) is 14.8. The van der Waals surface area contributed by atoms with Crippen molar-refractivity contribution in [3.8, 4) is 0 Å². The van der Waals surface area contributed by atoms with Crippen LogP contribution in [0.15, 0.2) is 47.6 Å². The van der Waals surface area contributed by atoms with Gasteiger partial charge < -0.3 is 10.1 Å². The largest absolute Gasteiger partial charge is 0.365 e. The minimum atomic E-state index is -0.230. The van der Waals surface area contributed by atoms with Crippen molar-refractivity contribution >= 4 is 36.0 Å². The summed E-state index contributed by atoms with van der Waals surface area (Å²) >= 11 is 5.92. The maximum atomic E-state index is 11.7. The third-order valence-electron chi connectivity index (χ3n) is 2.87. The number of anilines is 1. The fraction of sp³-hybridized carbons (Fsp3) is 0.222. The number of hydrogen-bond acceptors (Lipinski definition) is 5. The molecule has 0 saturated carbocycles. The highest BCUT2D eigenvalue weighted by Crippen LogP contribution is 2.18. The van der Waals surface area contributed by atoms with Crippen LogP contribution in [0.4, 0.5) is 5.82 Å². The number of hydrogen-bond donors (Lipinski definition) is 1. The Kier molecular flexibility index (Phi) is 9.59. The van der Waals surface area contributed by atoms with E-state index < -0.39 is 0 Å². The van der Waals surface area contributed by atoms with Gasteiger partial charge in [0.2, 0.25) is 12.3 Å². The van der Waals surface area contributed by atoms with Gasteiger partial charge in [-0.25, -0.2) is 4.98 Å². The first-order valence-corrected chi connectivity index (χ1v) is 8.05. The number of methoxy groups -OCH3 is 1. The molecule has 26 heavy (non-hydrogen) atoms. The number of halogens is 1. The van der Waals surface area contributed by atoms with Crippen molar-refractivity contribution in [2.45, 2.75) is 13.8 Å². The number of benzene rings is 1. The van der Waals surface area contributed by atoms with Crippen LogP contribution in [0.25, 0.3) is 0 Å². The Morgan fingerprint density at radius 2 is 2.04 bits per heavy atom. The zero-order valence-corrected chi connectivity index (χ0v) is 15.6. The van der Waals surface area contributed by atoms with Crippen molar-refractivity contribution in [2.24, 2.45) is 5.10 Å². The van der Waals surface area contributed by atoms with Gasteiger partial charge in [-0.05, 0) is 30.2 Å². The summed E-state index contributed by atoms with van der Waals surface area (Å²) in [5.74, 6) is 0.182. The van der Waals surface area contributed by atoms with Gasteiger partial charge in [-0.15, -0.1) is 0 Å². The Hall–Kier alpha value is -2.77. The molecule has 0 saturated heterocycles. The number of rotatable bonds is 6. The van der Waals surface area contributed by atoms with E-state index in [1.165, 1.54) is 19.0 Å². The van der Waals surface area contributed by atoms with Crippen LogP contribution in [-0.2, 0) is 14.3 Å². The molecule has 2 amide bonds. The van der Waals surface area contributed by atoms with E-state index in [9.17, 15) is 9.59 Å². The second-order valence-electron chi connectivity index (χ2n) is 5.07. The Morgan fingerprint density at radius 3 is 2.54 bits per heavy atom. The van der Waals surface area contributed by atoms with Gasteiger partial charge in [-0.1, -0.05) is 41.9 Å². The zero-order chi connectivity index (χ0) is 19.4. The molecule has 0 unspecified atom stereocenters. The summed E-state index contributed by atoms with van der Waals surface area (Å²) in [6.07, 6.45) is 2.20. The quantitative estimate of drug-likeness (QED) is 0.210. The van der Waals surface area contributed by atoms with Crippen molar-refractivity contribution < 1.29 is 14.3 Å². The number of ether oxygens (including phenoxy) is 1. The molecule has 0 spiro atoms. The molecule has 2 aromatic rings. The lowest BCUT2D eigenvalue weighted by atomic mass is 10.2. The monoisotopic (exact) mass is 376 g/mol. The van der Waals surface area contributed by atoms with Gasteiger partial charge in [0.1, 0.15) is 11.9 Å². The molecule has 0 aliphatic carbocycles. The number of amides is 2. The Bertz CT molecular complexity index is 718. The normalized spacial score (nSPS) is 10.0. The van der Waals surface area contributed by atoms with Crippen molar-refractivity contribution in [1.29, 1.82) is 0 Å². The highest BCUT2D eigenvalue weighted by Gasteiger charge is 2.12. The van der Waals surface area contributed by atoms with Crippen LogP contribution < -0.4 is 10.3 Å². The number of nitrogens with one attached hydrogen (secondary N) is 1. The third kappa shape index (κ3) is 7.87. The second kappa shape index (κ2) is 11.7. The lowest BCUT2D eigenvalue weighted by molar-refractivity contribution is -0.116. The number of aryl methyl sites for hydroxylation is 1. The maximum absolute atomic E-state index is 11.7. The van der Waals surface area contributed by atoms with E-state index in [1.54, 1.807) is 18.3 Å². The second-order valence-corrected chi connectivity index (χ2v) is 5.45. The Labute approximate surface area is 157 Å². The molecule has 0 bridgehead atoms. The molecule has 8 heteroatoms. The molecule has 1 aromatic heterocycles. The van der Waals surface area contributed by atoms with E-state index >= 15 is 0 Å². The van der Waals surface area contributed by atoms with Gasteiger partial charge in [-0.3, -0.25) is 9.59 Å². The van der Waals surface area contributed by atoms with Crippen LogP contribution in [0.2, 0.25) is 5.15 Å². The van der Waals surface area contributed by atoms with Crippen LogP contribution >= 0.6 is 11.6 Å². The molecule has 7 nitrogen and oxygen atoms in total. The van der Waals surface area contributed by atoms with E-state index in [-0.39, 0.29) is 5.91 Å². The highest BCUT2D eigenvalue weighted by atomic mass is 35.5. The third-order valence-corrected chi connectivity index (χ3v) is 3.07. The summed E-state index contributed by atoms with van der Waals surface area (Å²) in [5.41, 5.74) is 1.82. The maximum Gasteiger partial charge on any atom is 0.245 e. The number of hydrazone groups is 1. The molecule has 1 N–H and O–H groups in total. The molecule has 0 atom stereocenters. The summed E-state index contributed by atoms with van der Waals surface area (Å²) in [7, 11) is 1.51. The first-order chi connectivity index (χ1) is 12.5. The fourth-order valence-electron chi connectivity index (χ4n) is 1.80. The van der Waals surface area contributed by atoms with Crippen LogP contribution in [0, 0.1) is 6.92 Å². The first kappa shape index (κ1) is 21.3. The predicted molar refractivity (Wildman–Crippen MR) is 102 cm³/mol. The van der Waals surface area contributed by atoms with Gasteiger partial charge in [-0.2, -0.15) is 10.1 Å². The number of carbonyl (C=O) groups excluding carboxylic acids is 2. The van der Waals surface area contributed by atoms with Gasteiger partial charge in [0, 0.05) is 14.0 Å². The Morgan fingerprint density at radius 1 is 1.35 bits per heavy atom. The standard InChI is InChI=1S/C15H14ClN3O.C3H7NO2/c1-11-8-14(16)18-15(9-11)19(12(2)20)17-10-13-6-4-3-5-7-13;1-6-3-4-2-5/h3-10H,1-2H3;2H,3H2,1H3,(H,4,5)/b17-10+;. The molecule has 0 aliphatic rings. The number of nitrogens with zero attached hydrogens (tertiary/aromatic N) is 3. The van der Waals surface area contributed by atoms with Gasteiger partial charge in [0.15, 0.2) is 5.82 Å². The smallest absolute Gasteiger partial charge is 0.245 e. The van der Waals surface area contributed by atoms with Crippen molar-refractivity contribution in [3.05, 3.63) is 58.7 Å². The van der Waals surface area contributed by atoms with Crippen LogP contribution in [-0.4, -0.2) is 37.4 Å². The summed E-state index contributed by atoms with van der Waals surface area (Å²) in [5, 5.41) is 8.04. The number of aromatic nitrogens is 1. The number of pyridine rings is 1. The summed E-state index contributed by atoms with van der Waals surface area (Å²) in [6, 6.07) is 13.0.